The molecule has 0 spiro atoms. The number of hydrogen-bond acceptors (Lipinski definition) is 3. The zero-order valence-corrected chi connectivity index (χ0v) is 10.8. The molecule has 0 atom stereocenters. The van der Waals surface area contributed by atoms with Gasteiger partial charge in [-0.25, -0.2) is 0 Å². The van der Waals surface area contributed by atoms with Crippen LogP contribution in [0.4, 0.5) is 0 Å². The van der Waals surface area contributed by atoms with Crippen molar-refractivity contribution in [2.24, 2.45) is 0 Å². The lowest BCUT2D eigenvalue weighted by Gasteiger charge is -2.37. The SMILES string of the molecule is CC#CCCN1CCN(CC(C)(C)O)CC1. The molecule has 1 saturated heterocycles. The maximum absolute atomic E-state index is 9.74. The summed E-state index contributed by atoms with van der Waals surface area (Å²) in [7, 11) is 0. The molecule has 3 nitrogen and oxygen atoms in total. The van der Waals surface area contributed by atoms with E-state index in [1.807, 2.05) is 20.8 Å². The summed E-state index contributed by atoms with van der Waals surface area (Å²) in [5, 5.41) is 9.74. The lowest BCUT2D eigenvalue weighted by Crippen LogP contribution is -2.50. The lowest BCUT2D eigenvalue weighted by molar-refractivity contribution is 0.0181. The van der Waals surface area contributed by atoms with E-state index in [4.69, 9.17) is 0 Å². The van der Waals surface area contributed by atoms with Crippen LogP contribution < -0.4 is 0 Å². The molecular formula is C13H24N2O. The summed E-state index contributed by atoms with van der Waals surface area (Å²) in [6.07, 6.45) is 0.974. The Morgan fingerprint density at radius 2 is 1.69 bits per heavy atom. The number of nitrogens with zero attached hydrogens (tertiary/aromatic N) is 2. The van der Waals surface area contributed by atoms with Crippen molar-refractivity contribution in [1.82, 2.24) is 9.80 Å². The van der Waals surface area contributed by atoms with Gasteiger partial charge in [-0.1, -0.05) is 0 Å². The Kier molecular flexibility index (Phi) is 5.27. The van der Waals surface area contributed by atoms with Crippen LogP contribution in [0.25, 0.3) is 0 Å². The Hall–Kier alpha value is -0.560. The van der Waals surface area contributed by atoms with Crippen molar-refractivity contribution >= 4 is 0 Å². The highest BCUT2D eigenvalue weighted by atomic mass is 16.3. The third-order valence-corrected chi connectivity index (χ3v) is 2.81. The molecular weight excluding hydrogens is 200 g/mol. The van der Waals surface area contributed by atoms with Crippen LogP contribution in [-0.2, 0) is 0 Å². The zero-order chi connectivity index (χ0) is 12.0. The first-order valence-electron chi connectivity index (χ1n) is 6.08. The number of rotatable bonds is 4. The van der Waals surface area contributed by atoms with Crippen molar-refractivity contribution in [3.05, 3.63) is 0 Å². The van der Waals surface area contributed by atoms with Gasteiger partial charge in [0.2, 0.25) is 0 Å². The van der Waals surface area contributed by atoms with Crippen molar-refractivity contribution in [1.29, 1.82) is 0 Å². The summed E-state index contributed by atoms with van der Waals surface area (Å²) < 4.78 is 0. The minimum atomic E-state index is -0.574. The van der Waals surface area contributed by atoms with Gasteiger partial charge < -0.3 is 5.11 Å². The van der Waals surface area contributed by atoms with Gasteiger partial charge in [-0.05, 0) is 20.8 Å². The van der Waals surface area contributed by atoms with Gasteiger partial charge in [-0.3, -0.25) is 9.80 Å². The summed E-state index contributed by atoms with van der Waals surface area (Å²) >= 11 is 0. The van der Waals surface area contributed by atoms with Crippen molar-refractivity contribution in [2.75, 3.05) is 39.3 Å². The third-order valence-electron chi connectivity index (χ3n) is 2.81. The fourth-order valence-corrected chi connectivity index (χ4v) is 2.06. The summed E-state index contributed by atoms with van der Waals surface area (Å²) in [4.78, 5) is 4.78. The molecule has 1 N–H and O–H groups in total. The van der Waals surface area contributed by atoms with E-state index in [1.165, 1.54) is 0 Å². The predicted molar refractivity (Wildman–Crippen MR) is 67.2 cm³/mol. The molecule has 0 aromatic rings. The van der Waals surface area contributed by atoms with E-state index in [0.29, 0.717) is 0 Å². The fourth-order valence-electron chi connectivity index (χ4n) is 2.06. The van der Waals surface area contributed by atoms with E-state index in [0.717, 1.165) is 45.7 Å². The monoisotopic (exact) mass is 224 g/mol. The lowest BCUT2D eigenvalue weighted by atomic mass is 10.1. The van der Waals surface area contributed by atoms with Crippen LogP contribution >= 0.6 is 0 Å². The van der Waals surface area contributed by atoms with Crippen LogP contribution in [0.15, 0.2) is 0 Å². The number of β-amino-alcohol motifs (C(OH)–C–C–N with tert-alkyl or cyclic N) is 1. The molecule has 1 aliphatic rings. The van der Waals surface area contributed by atoms with Crippen LogP contribution in [0.2, 0.25) is 0 Å². The second-order valence-electron chi connectivity index (χ2n) is 5.11. The molecule has 0 bridgehead atoms. The van der Waals surface area contributed by atoms with Crippen LogP contribution in [0.1, 0.15) is 27.2 Å². The molecule has 1 fully saturated rings. The highest BCUT2D eigenvalue weighted by Gasteiger charge is 2.22. The van der Waals surface area contributed by atoms with Gasteiger partial charge in [0.1, 0.15) is 0 Å². The van der Waals surface area contributed by atoms with Crippen LogP contribution in [-0.4, -0.2) is 59.8 Å². The molecule has 0 saturated carbocycles. The largest absolute Gasteiger partial charge is 0.389 e. The van der Waals surface area contributed by atoms with Crippen LogP contribution in [0, 0.1) is 11.8 Å². The topological polar surface area (TPSA) is 26.7 Å². The second kappa shape index (κ2) is 6.24. The highest BCUT2D eigenvalue weighted by molar-refractivity contribution is 4.95. The second-order valence-corrected chi connectivity index (χ2v) is 5.11. The molecule has 3 heteroatoms. The molecule has 0 aromatic carbocycles. The normalized spacial score (nSPS) is 19.2. The predicted octanol–water partition coefficient (Wildman–Crippen LogP) is 0.788. The standard InChI is InChI=1S/C13H24N2O/c1-4-5-6-7-14-8-10-15(11-9-14)12-13(2,3)16/h16H,6-12H2,1-3H3. The molecule has 92 valence electrons. The first-order chi connectivity index (χ1) is 7.51. The van der Waals surface area contributed by atoms with E-state index in [-0.39, 0.29) is 0 Å². The van der Waals surface area contributed by atoms with Crippen molar-refractivity contribution < 1.29 is 5.11 Å². The van der Waals surface area contributed by atoms with Crippen LogP contribution in [0.5, 0.6) is 0 Å². The molecule has 0 amide bonds. The van der Waals surface area contributed by atoms with Gasteiger partial charge in [-0.15, -0.1) is 11.8 Å². The molecule has 0 aromatic heterocycles. The van der Waals surface area contributed by atoms with Gasteiger partial charge in [0.05, 0.1) is 5.60 Å². The Bertz CT molecular complexity index is 251. The summed E-state index contributed by atoms with van der Waals surface area (Å²) in [5.74, 6) is 6.03. The van der Waals surface area contributed by atoms with E-state index < -0.39 is 5.60 Å². The Balaban J connectivity index is 2.20. The van der Waals surface area contributed by atoms with Gasteiger partial charge in [-0.2, -0.15) is 0 Å². The Labute approximate surface area is 99.4 Å². The quantitative estimate of drug-likeness (QED) is 0.715. The van der Waals surface area contributed by atoms with Crippen molar-refractivity contribution in [3.8, 4) is 11.8 Å². The maximum atomic E-state index is 9.74. The fraction of sp³-hybridized carbons (Fsp3) is 0.846. The Morgan fingerprint density at radius 3 is 2.19 bits per heavy atom. The summed E-state index contributed by atoms with van der Waals surface area (Å²) in [5.41, 5.74) is -0.574. The maximum Gasteiger partial charge on any atom is 0.0718 e. The van der Waals surface area contributed by atoms with Gasteiger partial charge in [0.15, 0.2) is 0 Å². The smallest absolute Gasteiger partial charge is 0.0718 e. The highest BCUT2D eigenvalue weighted by Crippen LogP contribution is 2.08. The minimum Gasteiger partial charge on any atom is -0.389 e. The third kappa shape index (κ3) is 5.50. The summed E-state index contributed by atoms with van der Waals surface area (Å²) in [6.45, 7) is 11.8. The minimum absolute atomic E-state index is 0.574. The van der Waals surface area contributed by atoms with Gasteiger partial charge in [0.25, 0.3) is 0 Å². The van der Waals surface area contributed by atoms with Gasteiger partial charge in [0, 0.05) is 45.7 Å². The summed E-state index contributed by atoms with van der Waals surface area (Å²) in [6, 6.07) is 0. The van der Waals surface area contributed by atoms with Crippen molar-refractivity contribution in [3.63, 3.8) is 0 Å². The van der Waals surface area contributed by atoms with Gasteiger partial charge >= 0.3 is 0 Å². The number of aliphatic hydroxyl groups is 1. The Morgan fingerprint density at radius 1 is 1.12 bits per heavy atom. The van der Waals surface area contributed by atoms with E-state index in [9.17, 15) is 5.11 Å². The van der Waals surface area contributed by atoms with Crippen LogP contribution in [0.3, 0.4) is 0 Å². The molecule has 1 aliphatic heterocycles. The van der Waals surface area contributed by atoms with Crippen molar-refractivity contribution in [2.45, 2.75) is 32.8 Å². The molecule has 1 heterocycles. The average Bonchev–Trinajstić information content (AvgIpc) is 2.19. The van der Waals surface area contributed by atoms with E-state index >= 15 is 0 Å². The van der Waals surface area contributed by atoms with E-state index in [2.05, 4.69) is 21.6 Å². The first-order valence-corrected chi connectivity index (χ1v) is 6.08. The molecule has 16 heavy (non-hydrogen) atoms. The average molecular weight is 224 g/mol. The number of piperazine rings is 1. The molecule has 0 radical (unpaired) electrons. The zero-order valence-electron chi connectivity index (χ0n) is 10.8. The molecule has 0 unspecified atom stereocenters. The molecule has 0 aliphatic carbocycles. The first kappa shape index (κ1) is 13.5. The molecule has 1 rings (SSSR count). The van der Waals surface area contributed by atoms with E-state index in [1.54, 1.807) is 0 Å². The number of hydrogen-bond donors (Lipinski definition) is 1.